The number of nitrogens with zero attached hydrogens (tertiary/aromatic N) is 2. The van der Waals surface area contributed by atoms with Gasteiger partial charge in [-0.2, -0.15) is 13.4 Å². The molecule has 4 nitrogen and oxygen atoms in total. The zero-order valence-electron chi connectivity index (χ0n) is 4.12. The lowest BCUT2D eigenvalue weighted by Gasteiger charge is -1.90. The van der Waals surface area contributed by atoms with E-state index in [0.29, 0.717) is 0 Å². The van der Waals surface area contributed by atoms with E-state index in [4.69, 9.17) is 0 Å². The largest absolute Gasteiger partial charge is 0.328 e. The zero-order valence-corrected chi connectivity index (χ0v) is 4.94. The van der Waals surface area contributed by atoms with Crippen LogP contribution in [0.3, 0.4) is 0 Å². The molecule has 0 saturated heterocycles. The van der Waals surface area contributed by atoms with Crippen molar-refractivity contribution in [2.45, 2.75) is 0 Å². The normalized spacial score (nSPS) is 9.00. The van der Waals surface area contributed by atoms with Crippen LogP contribution in [0.1, 0.15) is 0 Å². The predicted molar refractivity (Wildman–Crippen MR) is 25.0 cm³/mol. The molecule has 0 fully saturated rings. The maximum Gasteiger partial charge on any atom is 0.328 e. The molecule has 0 heterocycles. The fraction of sp³-hybridized carbons (Fsp3) is 1.00. The molecule has 0 spiro atoms. The van der Waals surface area contributed by atoms with Crippen molar-refractivity contribution < 1.29 is 8.42 Å². The van der Waals surface area contributed by atoms with Gasteiger partial charge in [0.1, 0.15) is 0 Å². The lowest BCUT2D eigenvalue weighted by Crippen LogP contribution is -1.99. The van der Waals surface area contributed by atoms with E-state index in [1.807, 2.05) is 0 Å². The molecular formula is C2H6N2O2S. The quantitative estimate of drug-likeness (QED) is 0.441. The molecule has 0 aromatic rings. The van der Waals surface area contributed by atoms with E-state index in [0.717, 1.165) is 0 Å². The van der Waals surface area contributed by atoms with Crippen molar-refractivity contribution in [3.05, 3.63) is 0 Å². The van der Waals surface area contributed by atoms with Gasteiger partial charge in [0.15, 0.2) is 0 Å². The Morgan fingerprint density at radius 3 is 1.86 bits per heavy atom. The third-order valence-electron chi connectivity index (χ3n) is 0.230. The molecule has 0 atom stereocenters. The van der Waals surface area contributed by atoms with Crippen molar-refractivity contribution in [2.24, 2.45) is 4.47 Å². The Kier molecular flexibility index (Phi) is 2.54. The molecule has 7 heavy (non-hydrogen) atoms. The molecule has 0 radical (unpaired) electrons. The lowest BCUT2D eigenvalue weighted by atomic mass is 11.2. The van der Waals surface area contributed by atoms with Gasteiger partial charge >= 0.3 is 10.5 Å². The van der Waals surface area contributed by atoms with Crippen LogP contribution in [0.15, 0.2) is 4.47 Å². The van der Waals surface area contributed by atoms with Gasteiger partial charge in [0.25, 0.3) is 0 Å². The third-order valence-corrected chi connectivity index (χ3v) is 0.690. The van der Waals surface area contributed by atoms with E-state index < -0.39 is 10.5 Å². The summed E-state index contributed by atoms with van der Waals surface area (Å²) in [6, 6.07) is 0. The molecule has 0 amide bonds. The molecule has 0 aliphatic heterocycles. The first-order valence-corrected chi connectivity index (χ1v) is 2.64. The Morgan fingerprint density at radius 2 is 1.86 bits per heavy atom. The van der Waals surface area contributed by atoms with Gasteiger partial charge in [0.05, 0.1) is 0 Å². The van der Waals surface area contributed by atoms with Gasteiger partial charge in [0.2, 0.25) is 0 Å². The highest BCUT2D eigenvalue weighted by atomic mass is 32.2. The Labute approximate surface area is 43.4 Å². The van der Waals surface area contributed by atoms with Gasteiger partial charge in [0, 0.05) is 14.1 Å². The molecule has 0 aliphatic rings. The van der Waals surface area contributed by atoms with E-state index in [-0.39, 0.29) is 0 Å². The minimum atomic E-state index is -2.29. The topological polar surface area (TPSA) is 49.7 Å². The standard InChI is InChI=1S/C2H6N2O2S/c1-4(2)3-7(5)6/h1-2H3. The third kappa shape index (κ3) is 5.58. The van der Waals surface area contributed by atoms with Crippen molar-refractivity contribution in [2.75, 3.05) is 14.1 Å². The number of hydrogen-bond acceptors (Lipinski definition) is 3. The predicted octanol–water partition coefficient (Wildman–Crippen LogP) is -0.474. The number of hydrogen-bond donors (Lipinski definition) is 0. The fourth-order valence-electron chi connectivity index (χ4n) is 0.133. The average Bonchev–Trinajstić information content (AvgIpc) is 1.27. The molecule has 0 unspecified atom stereocenters. The van der Waals surface area contributed by atoms with E-state index >= 15 is 0 Å². The minimum Gasteiger partial charge on any atom is -0.191 e. The van der Waals surface area contributed by atoms with Crippen molar-refractivity contribution >= 4 is 10.5 Å². The maximum absolute atomic E-state index is 9.60. The van der Waals surface area contributed by atoms with E-state index in [9.17, 15) is 8.42 Å². The van der Waals surface area contributed by atoms with Gasteiger partial charge in [-0.05, 0) is 0 Å². The summed E-state index contributed by atoms with van der Waals surface area (Å²) in [6.07, 6.45) is 0. The summed E-state index contributed by atoms with van der Waals surface area (Å²) < 4.78 is 22.2. The SMILES string of the molecule is CN(C)N=S(=O)=O. The summed E-state index contributed by atoms with van der Waals surface area (Å²) in [4.78, 5) is 0. The Bertz CT molecular complexity index is 149. The average molecular weight is 122 g/mol. The van der Waals surface area contributed by atoms with E-state index in [2.05, 4.69) is 4.47 Å². The first-order valence-electron chi connectivity index (χ1n) is 1.61. The van der Waals surface area contributed by atoms with Crippen molar-refractivity contribution in [3.63, 3.8) is 0 Å². The molecule has 5 heteroatoms. The van der Waals surface area contributed by atoms with E-state index in [1.165, 1.54) is 19.1 Å². The summed E-state index contributed by atoms with van der Waals surface area (Å²) in [6.45, 7) is 0. The molecule has 0 N–H and O–H groups in total. The van der Waals surface area contributed by atoms with Crippen LogP contribution in [0.5, 0.6) is 0 Å². The second-order valence-corrected chi connectivity index (χ2v) is 1.74. The monoisotopic (exact) mass is 122 g/mol. The van der Waals surface area contributed by atoms with Gasteiger partial charge in [-0.1, -0.05) is 4.47 Å². The molecule has 0 saturated carbocycles. The smallest absolute Gasteiger partial charge is 0.191 e. The van der Waals surface area contributed by atoms with Crippen molar-refractivity contribution in [3.8, 4) is 0 Å². The molecule has 0 bridgehead atoms. The van der Waals surface area contributed by atoms with Crippen LogP contribution in [0, 0.1) is 0 Å². The summed E-state index contributed by atoms with van der Waals surface area (Å²) in [5.41, 5.74) is 0. The molecule has 0 aromatic carbocycles. The summed E-state index contributed by atoms with van der Waals surface area (Å²) in [7, 11) is 0.780. The first-order chi connectivity index (χ1) is 3.13. The zero-order chi connectivity index (χ0) is 5.86. The van der Waals surface area contributed by atoms with Crippen LogP contribution >= 0.6 is 0 Å². The second-order valence-electron chi connectivity index (χ2n) is 1.15. The summed E-state index contributed by atoms with van der Waals surface area (Å²) in [5.74, 6) is 0. The van der Waals surface area contributed by atoms with Gasteiger partial charge in [-0.15, -0.1) is 0 Å². The Balaban J connectivity index is 3.96. The highest BCUT2D eigenvalue weighted by Crippen LogP contribution is 1.68. The highest BCUT2D eigenvalue weighted by molar-refractivity contribution is 7.61. The highest BCUT2D eigenvalue weighted by Gasteiger charge is 1.75. The molecule has 0 aromatic heterocycles. The van der Waals surface area contributed by atoms with Gasteiger partial charge < -0.3 is 0 Å². The lowest BCUT2D eigenvalue weighted by molar-refractivity contribution is 0.439. The number of rotatable bonds is 1. The molecule has 0 rings (SSSR count). The van der Waals surface area contributed by atoms with Crippen LogP contribution in [-0.4, -0.2) is 27.5 Å². The molecular weight excluding hydrogens is 116 g/mol. The first kappa shape index (κ1) is 6.58. The molecule has 42 valence electrons. The summed E-state index contributed by atoms with van der Waals surface area (Å²) in [5, 5.41) is 1.21. The Morgan fingerprint density at radius 1 is 1.43 bits per heavy atom. The van der Waals surface area contributed by atoms with Crippen LogP contribution in [0.25, 0.3) is 0 Å². The van der Waals surface area contributed by atoms with Gasteiger partial charge in [-0.25, -0.2) is 0 Å². The minimum absolute atomic E-state index is 1.21. The molecule has 0 aliphatic carbocycles. The van der Waals surface area contributed by atoms with Crippen LogP contribution in [-0.2, 0) is 10.5 Å². The van der Waals surface area contributed by atoms with E-state index in [1.54, 1.807) is 0 Å². The second kappa shape index (κ2) is 2.70. The van der Waals surface area contributed by atoms with Crippen LogP contribution < -0.4 is 0 Å². The summed E-state index contributed by atoms with van der Waals surface area (Å²) >= 11 is 0. The van der Waals surface area contributed by atoms with Crippen molar-refractivity contribution in [1.29, 1.82) is 0 Å². The Hall–Kier alpha value is -0.420. The maximum atomic E-state index is 9.60. The fourth-order valence-corrected chi connectivity index (χ4v) is 0.400. The van der Waals surface area contributed by atoms with Crippen LogP contribution in [0.4, 0.5) is 0 Å². The van der Waals surface area contributed by atoms with Crippen LogP contribution in [0.2, 0.25) is 0 Å². The van der Waals surface area contributed by atoms with Gasteiger partial charge in [-0.3, -0.25) is 0 Å². The van der Waals surface area contributed by atoms with Crippen molar-refractivity contribution in [1.82, 2.24) is 5.01 Å².